The summed E-state index contributed by atoms with van der Waals surface area (Å²) in [6.45, 7) is 2.94. The lowest BCUT2D eigenvalue weighted by Gasteiger charge is -2.35. The predicted molar refractivity (Wildman–Crippen MR) is 115 cm³/mol. The standard InChI is InChI=1S/C21H23N5O2S/c27-19(23-16-8-10-22-11-9-16)6-3-7-20(28)25-12-14-26(15-13-25)21-17-4-1-2-5-18(17)29-24-21/h1-2,4-5,8-11H,3,6-7,12-15H2,(H,22,23,27). The average molecular weight is 410 g/mol. The highest BCUT2D eigenvalue weighted by molar-refractivity contribution is 7.13. The van der Waals surface area contributed by atoms with Gasteiger partial charge in [-0.2, -0.15) is 4.37 Å². The maximum Gasteiger partial charge on any atom is 0.224 e. The lowest BCUT2D eigenvalue weighted by Crippen LogP contribution is -2.48. The van der Waals surface area contributed by atoms with Crippen molar-refractivity contribution in [1.82, 2.24) is 14.3 Å². The molecular weight excluding hydrogens is 386 g/mol. The first-order valence-electron chi connectivity index (χ1n) is 9.78. The minimum atomic E-state index is -0.0794. The number of rotatable bonds is 6. The average Bonchev–Trinajstić information content (AvgIpc) is 3.19. The van der Waals surface area contributed by atoms with Gasteiger partial charge in [-0.05, 0) is 42.2 Å². The van der Waals surface area contributed by atoms with Gasteiger partial charge in [0.25, 0.3) is 0 Å². The van der Waals surface area contributed by atoms with Crippen LogP contribution in [0.4, 0.5) is 11.5 Å². The second-order valence-electron chi connectivity index (χ2n) is 7.01. The predicted octanol–water partition coefficient (Wildman–Crippen LogP) is 3.15. The zero-order valence-corrected chi connectivity index (χ0v) is 16.9. The summed E-state index contributed by atoms with van der Waals surface area (Å²) in [4.78, 5) is 32.5. The monoisotopic (exact) mass is 409 g/mol. The maximum atomic E-state index is 12.5. The molecule has 0 atom stereocenters. The molecule has 3 aromatic rings. The van der Waals surface area contributed by atoms with Gasteiger partial charge in [-0.25, -0.2) is 0 Å². The Morgan fingerprint density at radius 1 is 1.00 bits per heavy atom. The molecule has 0 saturated carbocycles. The number of amides is 2. The molecule has 4 rings (SSSR count). The van der Waals surface area contributed by atoms with Gasteiger partial charge in [-0.15, -0.1) is 0 Å². The summed E-state index contributed by atoms with van der Waals surface area (Å²) in [5, 5.41) is 3.99. The molecule has 1 aliphatic rings. The Labute approximate surface area is 173 Å². The number of pyridine rings is 1. The van der Waals surface area contributed by atoms with Crippen molar-refractivity contribution in [3.05, 3.63) is 48.8 Å². The number of fused-ring (bicyclic) bond motifs is 1. The van der Waals surface area contributed by atoms with Gasteiger partial charge < -0.3 is 15.1 Å². The third-order valence-electron chi connectivity index (χ3n) is 5.05. The highest BCUT2D eigenvalue weighted by Gasteiger charge is 2.23. The highest BCUT2D eigenvalue weighted by atomic mass is 32.1. The van der Waals surface area contributed by atoms with E-state index in [0.717, 1.165) is 24.6 Å². The third kappa shape index (κ3) is 4.71. The summed E-state index contributed by atoms with van der Waals surface area (Å²) >= 11 is 1.52. The fraction of sp³-hybridized carbons (Fsp3) is 0.333. The van der Waals surface area contributed by atoms with E-state index in [2.05, 4.69) is 31.7 Å². The Bertz CT molecular complexity index is 983. The summed E-state index contributed by atoms with van der Waals surface area (Å²) in [5.41, 5.74) is 0.724. The lowest BCUT2D eigenvalue weighted by molar-refractivity contribution is -0.131. The largest absolute Gasteiger partial charge is 0.352 e. The van der Waals surface area contributed by atoms with Gasteiger partial charge in [0.05, 0.1) is 4.70 Å². The van der Waals surface area contributed by atoms with Crippen LogP contribution in [0.3, 0.4) is 0 Å². The van der Waals surface area contributed by atoms with Crippen LogP contribution in [-0.2, 0) is 9.59 Å². The lowest BCUT2D eigenvalue weighted by atomic mass is 10.2. The fourth-order valence-corrected chi connectivity index (χ4v) is 4.28. The molecule has 0 spiro atoms. The zero-order chi connectivity index (χ0) is 20.1. The second kappa shape index (κ2) is 9.00. The van der Waals surface area contributed by atoms with Crippen LogP contribution in [0, 0.1) is 0 Å². The van der Waals surface area contributed by atoms with Crippen molar-refractivity contribution in [3.8, 4) is 0 Å². The molecule has 1 saturated heterocycles. The summed E-state index contributed by atoms with van der Waals surface area (Å²) < 4.78 is 5.79. The molecule has 1 fully saturated rings. The number of nitrogens with zero attached hydrogens (tertiary/aromatic N) is 4. The van der Waals surface area contributed by atoms with Gasteiger partial charge >= 0.3 is 0 Å². The fourth-order valence-electron chi connectivity index (χ4n) is 3.49. The molecule has 0 radical (unpaired) electrons. The van der Waals surface area contributed by atoms with Gasteiger partial charge in [0.15, 0.2) is 0 Å². The van der Waals surface area contributed by atoms with Gasteiger partial charge in [-0.3, -0.25) is 14.6 Å². The number of carbonyl (C=O) groups is 2. The smallest absolute Gasteiger partial charge is 0.224 e. The minimum Gasteiger partial charge on any atom is -0.352 e. The number of benzene rings is 1. The highest BCUT2D eigenvalue weighted by Crippen LogP contribution is 2.29. The molecule has 1 N–H and O–H groups in total. The van der Waals surface area contributed by atoms with Crippen molar-refractivity contribution in [2.24, 2.45) is 0 Å². The minimum absolute atomic E-state index is 0.0794. The number of anilines is 2. The van der Waals surface area contributed by atoms with Gasteiger partial charge in [0.2, 0.25) is 11.8 Å². The number of piperazine rings is 1. The molecule has 2 aromatic heterocycles. The molecule has 1 aromatic carbocycles. The summed E-state index contributed by atoms with van der Waals surface area (Å²) in [7, 11) is 0. The summed E-state index contributed by atoms with van der Waals surface area (Å²) in [6, 6.07) is 11.7. The van der Waals surface area contributed by atoms with E-state index in [1.165, 1.54) is 21.6 Å². The van der Waals surface area contributed by atoms with Crippen molar-refractivity contribution in [2.75, 3.05) is 36.4 Å². The van der Waals surface area contributed by atoms with Gasteiger partial charge in [0.1, 0.15) is 5.82 Å². The van der Waals surface area contributed by atoms with Crippen molar-refractivity contribution >= 4 is 44.9 Å². The number of carbonyl (C=O) groups excluding carboxylic acids is 2. The number of aromatic nitrogens is 2. The Balaban J connectivity index is 1.21. The van der Waals surface area contributed by atoms with E-state index in [0.29, 0.717) is 32.4 Å². The first-order chi connectivity index (χ1) is 14.2. The van der Waals surface area contributed by atoms with E-state index in [1.54, 1.807) is 24.5 Å². The van der Waals surface area contributed by atoms with E-state index in [9.17, 15) is 9.59 Å². The van der Waals surface area contributed by atoms with Crippen LogP contribution in [0.5, 0.6) is 0 Å². The normalized spacial score (nSPS) is 14.2. The van der Waals surface area contributed by atoms with Crippen LogP contribution in [-0.4, -0.2) is 52.3 Å². The molecule has 0 aliphatic carbocycles. The molecule has 2 amide bonds. The quantitative estimate of drug-likeness (QED) is 0.677. The van der Waals surface area contributed by atoms with Crippen LogP contribution in [0.2, 0.25) is 0 Å². The number of hydrogen-bond acceptors (Lipinski definition) is 6. The first kappa shape index (κ1) is 19.3. The Morgan fingerprint density at radius 3 is 2.55 bits per heavy atom. The van der Waals surface area contributed by atoms with Crippen LogP contribution >= 0.6 is 11.5 Å². The second-order valence-corrected chi connectivity index (χ2v) is 7.81. The SMILES string of the molecule is O=C(CCCC(=O)N1CCN(c2nsc3ccccc23)CC1)Nc1ccncc1. The van der Waals surface area contributed by atoms with E-state index in [1.807, 2.05) is 17.0 Å². The van der Waals surface area contributed by atoms with Crippen LogP contribution in [0.15, 0.2) is 48.8 Å². The molecule has 0 bridgehead atoms. The van der Waals surface area contributed by atoms with E-state index < -0.39 is 0 Å². The summed E-state index contributed by atoms with van der Waals surface area (Å²) in [6.07, 6.45) is 4.54. The molecule has 150 valence electrons. The third-order valence-corrected chi connectivity index (χ3v) is 5.87. The zero-order valence-electron chi connectivity index (χ0n) is 16.1. The van der Waals surface area contributed by atoms with Crippen molar-refractivity contribution in [2.45, 2.75) is 19.3 Å². The van der Waals surface area contributed by atoms with Crippen LogP contribution in [0.25, 0.3) is 10.1 Å². The molecule has 3 heterocycles. The van der Waals surface area contributed by atoms with Gasteiger partial charge in [-0.1, -0.05) is 12.1 Å². The number of nitrogens with one attached hydrogen (secondary N) is 1. The first-order valence-corrected chi connectivity index (χ1v) is 10.5. The molecule has 7 nitrogen and oxygen atoms in total. The molecule has 0 unspecified atom stereocenters. The van der Waals surface area contributed by atoms with Crippen LogP contribution in [0.1, 0.15) is 19.3 Å². The van der Waals surface area contributed by atoms with Crippen molar-refractivity contribution in [3.63, 3.8) is 0 Å². The Hall–Kier alpha value is -3.00. The Morgan fingerprint density at radius 2 is 1.76 bits per heavy atom. The molecule has 1 aliphatic heterocycles. The Kier molecular flexibility index (Phi) is 6.00. The number of hydrogen-bond donors (Lipinski definition) is 1. The maximum absolute atomic E-state index is 12.5. The van der Waals surface area contributed by atoms with Gasteiger partial charge in [0, 0.05) is 62.5 Å². The van der Waals surface area contributed by atoms with Crippen molar-refractivity contribution in [1.29, 1.82) is 0 Å². The molecule has 8 heteroatoms. The van der Waals surface area contributed by atoms with Crippen LogP contribution < -0.4 is 10.2 Å². The molecular formula is C21H23N5O2S. The van der Waals surface area contributed by atoms with E-state index in [-0.39, 0.29) is 11.8 Å². The van der Waals surface area contributed by atoms with E-state index >= 15 is 0 Å². The van der Waals surface area contributed by atoms with E-state index in [4.69, 9.17) is 0 Å². The topological polar surface area (TPSA) is 78.4 Å². The van der Waals surface area contributed by atoms with Crippen molar-refractivity contribution < 1.29 is 9.59 Å². The summed E-state index contributed by atoms with van der Waals surface area (Å²) in [5.74, 6) is 1.05. The molecule has 29 heavy (non-hydrogen) atoms.